The number of benzene rings is 12. The molecule has 4 heteroatoms. The number of hydrogen-bond donors (Lipinski definition) is 0. The second-order valence-electron chi connectivity index (χ2n) is 20.0. The lowest BCUT2D eigenvalue weighted by Gasteiger charge is -2.34. The summed E-state index contributed by atoms with van der Waals surface area (Å²) in [4.78, 5) is 4.73. The van der Waals surface area contributed by atoms with Crippen LogP contribution in [0.25, 0.3) is 76.8 Å². The molecule has 344 valence electrons. The van der Waals surface area contributed by atoms with Gasteiger partial charge in [0.2, 0.25) is 0 Å². The third kappa shape index (κ3) is 6.27. The van der Waals surface area contributed by atoms with E-state index in [1.54, 1.807) is 0 Å². The Morgan fingerprint density at radius 3 is 1.33 bits per heavy atom. The molecule has 0 amide bonds. The molecule has 0 radical (unpaired) electrons. The summed E-state index contributed by atoms with van der Waals surface area (Å²) in [6.45, 7) is 4.75. The zero-order valence-electron chi connectivity index (χ0n) is 40.3. The van der Waals surface area contributed by atoms with Crippen LogP contribution in [0, 0.1) is 0 Å². The zero-order chi connectivity index (χ0) is 48.4. The number of ether oxygens (including phenoxy) is 2. The average Bonchev–Trinajstić information content (AvgIpc) is 3.69. The molecule has 0 spiro atoms. The number of para-hydroxylation sites is 8. The maximum Gasteiger partial charge on any atom is 0.151 e. The van der Waals surface area contributed by atoms with E-state index < -0.39 is 0 Å². The number of fused-ring (bicyclic) bond motifs is 10. The van der Waals surface area contributed by atoms with Crippen LogP contribution in [0.3, 0.4) is 0 Å². The molecule has 0 atom stereocenters. The number of nitrogens with zero attached hydrogens (tertiary/aromatic N) is 2. The molecule has 12 aromatic rings. The fraction of sp³-hybridized carbons (Fsp3) is 0.0435. The standard InChI is InChI=1S/C69H46N2O2/c1-69(2)57-23-9-8-22-49(57)50-35-32-46(40-58(50)69)67-51-36-33-48(71-61-26-12-16-30-65(61)73-66-31-17-13-27-62(66)71)42-56(51)68(54-39-45-21-7-6-20-44(45)38-53(54)43-18-4-3-5-19-43)52-37-34-47(41-55(52)67)70-59-24-10-14-28-63(59)72-64-29-15-11-25-60(64)70/h3-42H,1-2H3. The zero-order valence-corrected chi connectivity index (χ0v) is 40.3. The molecule has 15 rings (SSSR count). The molecule has 0 fully saturated rings. The summed E-state index contributed by atoms with van der Waals surface area (Å²) in [5, 5.41) is 7.04. The van der Waals surface area contributed by atoms with Gasteiger partial charge in [0.05, 0.1) is 22.7 Å². The van der Waals surface area contributed by atoms with Gasteiger partial charge in [0.15, 0.2) is 23.0 Å². The molecular weight excluding hydrogens is 889 g/mol. The fourth-order valence-corrected chi connectivity index (χ4v) is 12.2. The molecule has 3 aliphatic rings. The third-order valence-corrected chi connectivity index (χ3v) is 15.6. The smallest absolute Gasteiger partial charge is 0.151 e. The lowest BCUT2D eigenvalue weighted by molar-refractivity contribution is 0.477. The summed E-state index contributed by atoms with van der Waals surface area (Å²) < 4.78 is 13.2. The van der Waals surface area contributed by atoms with Crippen LogP contribution in [0.5, 0.6) is 23.0 Å². The van der Waals surface area contributed by atoms with Crippen LogP contribution in [-0.2, 0) is 5.41 Å². The number of rotatable bonds is 5. The Bertz CT molecular complexity index is 4180. The summed E-state index contributed by atoms with van der Waals surface area (Å²) in [6, 6.07) is 88.3. The maximum atomic E-state index is 6.58. The van der Waals surface area contributed by atoms with Gasteiger partial charge in [0.1, 0.15) is 0 Å². The molecule has 2 aliphatic heterocycles. The van der Waals surface area contributed by atoms with Gasteiger partial charge in [-0.25, -0.2) is 0 Å². The molecule has 2 heterocycles. The summed E-state index contributed by atoms with van der Waals surface area (Å²) in [5.41, 5.74) is 18.3. The van der Waals surface area contributed by atoms with Crippen LogP contribution in [0.15, 0.2) is 243 Å². The van der Waals surface area contributed by atoms with Crippen molar-refractivity contribution in [1.82, 2.24) is 0 Å². The summed E-state index contributed by atoms with van der Waals surface area (Å²) in [5.74, 6) is 3.29. The Kier molecular flexibility index (Phi) is 8.97. The van der Waals surface area contributed by atoms with Crippen molar-refractivity contribution >= 4 is 66.4 Å². The summed E-state index contributed by atoms with van der Waals surface area (Å²) in [6.07, 6.45) is 0. The molecule has 0 unspecified atom stereocenters. The Morgan fingerprint density at radius 1 is 0.301 bits per heavy atom. The third-order valence-electron chi connectivity index (χ3n) is 15.6. The predicted molar refractivity (Wildman–Crippen MR) is 302 cm³/mol. The minimum absolute atomic E-state index is 0.195. The van der Waals surface area contributed by atoms with Crippen molar-refractivity contribution in [2.45, 2.75) is 19.3 Å². The highest BCUT2D eigenvalue weighted by Crippen LogP contribution is 2.57. The molecule has 0 saturated carbocycles. The van der Waals surface area contributed by atoms with Gasteiger partial charge in [-0.2, -0.15) is 0 Å². The van der Waals surface area contributed by atoms with Crippen molar-refractivity contribution in [2.75, 3.05) is 9.80 Å². The van der Waals surface area contributed by atoms with Gasteiger partial charge in [0, 0.05) is 16.8 Å². The van der Waals surface area contributed by atoms with E-state index in [1.165, 1.54) is 71.8 Å². The molecule has 0 N–H and O–H groups in total. The highest BCUT2D eigenvalue weighted by molar-refractivity contribution is 6.24. The Labute approximate surface area is 424 Å². The summed E-state index contributed by atoms with van der Waals surface area (Å²) in [7, 11) is 0. The Morgan fingerprint density at radius 2 is 0.753 bits per heavy atom. The second-order valence-corrected chi connectivity index (χ2v) is 20.0. The molecule has 4 nitrogen and oxygen atoms in total. The van der Waals surface area contributed by atoms with Crippen molar-refractivity contribution in [1.29, 1.82) is 0 Å². The van der Waals surface area contributed by atoms with E-state index in [4.69, 9.17) is 9.47 Å². The lowest BCUT2D eigenvalue weighted by Crippen LogP contribution is -2.16. The molecule has 0 saturated heterocycles. The SMILES string of the molecule is CC1(C)c2ccccc2-c2ccc(-c3c4cc(N5c6ccccc6Oc6ccccc65)ccc4c(-c4cc5ccccc5cc4-c4ccccc4)c4cc(N5c6ccccc6Oc6ccccc65)ccc34)cc21. The minimum Gasteiger partial charge on any atom is -0.453 e. The molecular formula is C69H46N2O2. The van der Waals surface area contributed by atoms with Crippen LogP contribution in [-0.4, -0.2) is 0 Å². The van der Waals surface area contributed by atoms with Crippen molar-refractivity contribution in [2.24, 2.45) is 0 Å². The van der Waals surface area contributed by atoms with Crippen molar-refractivity contribution in [3.63, 3.8) is 0 Å². The van der Waals surface area contributed by atoms with E-state index in [9.17, 15) is 0 Å². The van der Waals surface area contributed by atoms with Gasteiger partial charge in [0.25, 0.3) is 0 Å². The van der Waals surface area contributed by atoms with E-state index in [-0.39, 0.29) is 5.41 Å². The molecule has 73 heavy (non-hydrogen) atoms. The molecule has 0 bridgehead atoms. The van der Waals surface area contributed by atoms with Crippen LogP contribution < -0.4 is 19.3 Å². The first-order valence-corrected chi connectivity index (χ1v) is 25.2. The molecule has 12 aromatic carbocycles. The highest BCUT2D eigenvalue weighted by atomic mass is 16.5. The van der Waals surface area contributed by atoms with E-state index in [2.05, 4.69) is 242 Å². The number of anilines is 6. The van der Waals surface area contributed by atoms with E-state index >= 15 is 0 Å². The van der Waals surface area contributed by atoms with Crippen LogP contribution in [0.2, 0.25) is 0 Å². The first kappa shape index (κ1) is 41.4. The molecule has 1 aliphatic carbocycles. The topological polar surface area (TPSA) is 24.9 Å². The largest absolute Gasteiger partial charge is 0.453 e. The van der Waals surface area contributed by atoms with Crippen molar-refractivity contribution in [3.8, 4) is 67.5 Å². The highest BCUT2D eigenvalue weighted by Gasteiger charge is 2.36. The summed E-state index contributed by atoms with van der Waals surface area (Å²) >= 11 is 0. The predicted octanol–water partition coefficient (Wildman–Crippen LogP) is 19.6. The van der Waals surface area contributed by atoms with Gasteiger partial charge in [-0.3, -0.25) is 0 Å². The van der Waals surface area contributed by atoms with Gasteiger partial charge in [-0.15, -0.1) is 0 Å². The lowest BCUT2D eigenvalue weighted by atomic mass is 9.79. The Balaban J connectivity index is 1.09. The fourth-order valence-electron chi connectivity index (χ4n) is 12.2. The van der Waals surface area contributed by atoms with Crippen molar-refractivity contribution in [3.05, 3.63) is 254 Å². The van der Waals surface area contributed by atoms with Crippen LogP contribution in [0.1, 0.15) is 25.0 Å². The first-order chi connectivity index (χ1) is 36.0. The Hall–Kier alpha value is -9.38. The average molecular weight is 935 g/mol. The van der Waals surface area contributed by atoms with E-state index in [1.807, 2.05) is 24.3 Å². The van der Waals surface area contributed by atoms with E-state index in [0.717, 1.165) is 73.3 Å². The quantitative estimate of drug-likeness (QED) is 0.161. The van der Waals surface area contributed by atoms with Gasteiger partial charge in [-0.1, -0.05) is 166 Å². The van der Waals surface area contributed by atoms with Crippen molar-refractivity contribution < 1.29 is 9.47 Å². The van der Waals surface area contributed by atoms with Gasteiger partial charge >= 0.3 is 0 Å². The normalized spacial score (nSPS) is 13.6. The second kappa shape index (κ2) is 15.8. The molecule has 0 aromatic heterocycles. The number of hydrogen-bond acceptors (Lipinski definition) is 4. The maximum absolute atomic E-state index is 6.58. The van der Waals surface area contributed by atoms with E-state index in [0.29, 0.717) is 0 Å². The monoisotopic (exact) mass is 934 g/mol. The van der Waals surface area contributed by atoms with Crippen LogP contribution >= 0.6 is 0 Å². The van der Waals surface area contributed by atoms with Gasteiger partial charge in [-0.05, 0) is 179 Å². The first-order valence-electron chi connectivity index (χ1n) is 25.2. The minimum atomic E-state index is -0.195. The van der Waals surface area contributed by atoms with Gasteiger partial charge < -0.3 is 19.3 Å². The van der Waals surface area contributed by atoms with Crippen LogP contribution in [0.4, 0.5) is 34.1 Å².